The average Bonchev–Trinajstić information content (AvgIpc) is 3.13. The highest BCUT2D eigenvalue weighted by Gasteiger charge is 2.22. The Kier molecular flexibility index (Phi) is 5.11. The molecule has 0 spiro atoms. The number of amides is 1. The van der Waals surface area contributed by atoms with Crippen molar-refractivity contribution in [3.05, 3.63) is 39.7 Å². The minimum Gasteiger partial charge on any atom is -0.467 e. The number of furan rings is 1. The standard InChI is InChI=1S/C14H18N2O4S/c1-8-12(21-14(15-8)9(2)19-3)13(18)16-10(7-17)11-5-4-6-20-11/h4-6,9-10,17H,7H2,1-3H3,(H,16,18). The fourth-order valence-corrected chi connectivity index (χ4v) is 2.82. The molecule has 0 radical (unpaired) electrons. The van der Waals surface area contributed by atoms with E-state index in [1.54, 1.807) is 26.2 Å². The summed E-state index contributed by atoms with van der Waals surface area (Å²) >= 11 is 1.29. The predicted octanol–water partition coefficient (Wildman–Crippen LogP) is 2.22. The number of carbonyl (C=O) groups is 1. The van der Waals surface area contributed by atoms with E-state index in [4.69, 9.17) is 9.15 Å². The number of nitrogens with zero attached hydrogens (tertiary/aromatic N) is 1. The third-order valence-corrected chi connectivity index (χ3v) is 4.41. The first-order valence-corrected chi connectivity index (χ1v) is 7.33. The lowest BCUT2D eigenvalue weighted by Crippen LogP contribution is -2.30. The second kappa shape index (κ2) is 6.84. The van der Waals surface area contributed by atoms with E-state index in [9.17, 15) is 9.90 Å². The summed E-state index contributed by atoms with van der Waals surface area (Å²) in [6.45, 7) is 3.41. The maximum Gasteiger partial charge on any atom is 0.263 e. The third-order valence-electron chi connectivity index (χ3n) is 3.10. The summed E-state index contributed by atoms with van der Waals surface area (Å²) in [5.74, 6) is 0.230. The molecule has 2 aromatic heterocycles. The highest BCUT2D eigenvalue weighted by Crippen LogP contribution is 2.26. The molecule has 0 saturated heterocycles. The molecule has 2 N–H and O–H groups in total. The number of aliphatic hydroxyl groups excluding tert-OH is 1. The Morgan fingerprint density at radius 3 is 2.95 bits per heavy atom. The minimum absolute atomic E-state index is 0.158. The van der Waals surface area contributed by atoms with Crippen LogP contribution in [0.2, 0.25) is 0 Å². The smallest absolute Gasteiger partial charge is 0.263 e. The van der Waals surface area contributed by atoms with Crippen molar-refractivity contribution in [3.8, 4) is 0 Å². The van der Waals surface area contributed by atoms with Crippen molar-refractivity contribution in [2.75, 3.05) is 13.7 Å². The van der Waals surface area contributed by atoms with E-state index in [1.807, 2.05) is 6.92 Å². The molecule has 7 heteroatoms. The number of thiazole rings is 1. The number of ether oxygens (including phenoxy) is 1. The van der Waals surface area contributed by atoms with Crippen LogP contribution in [0.3, 0.4) is 0 Å². The van der Waals surface area contributed by atoms with Gasteiger partial charge in [-0.25, -0.2) is 4.98 Å². The number of rotatable bonds is 6. The van der Waals surface area contributed by atoms with Crippen LogP contribution in [0.1, 0.15) is 45.2 Å². The Morgan fingerprint density at radius 1 is 1.62 bits per heavy atom. The normalized spacial score (nSPS) is 13.9. The molecule has 2 heterocycles. The van der Waals surface area contributed by atoms with E-state index in [-0.39, 0.29) is 18.6 Å². The number of aliphatic hydroxyl groups is 1. The summed E-state index contributed by atoms with van der Waals surface area (Å²) < 4.78 is 10.4. The quantitative estimate of drug-likeness (QED) is 0.854. The zero-order valence-corrected chi connectivity index (χ0v) is 12.9. The molecule has 0 saturated carbocycles. The second-order valence-corrected chi connectivity index (χ2v) is 5.60. The minimum atomic E-state index is -0.572. The molecule has 0 aliphatic heterocycles. The van der Waals surface area contributed by atoms with Gasteiger partial charge in [-0.15, -0.1) is 11.3 Å². The fourth-order valence-electron chi connectivity index (χ4n) is 1.82. The highest BCUT2D eigenvalue weighted by atomic mass is 32.1. The van der Waals surface area contributed by atoms with Gasteiger partial charge in [-0.2, -0.15) is 0 Å². The van der Waals surface area contributed by atoms with Gasteiger partial charge in [-0.3, -0.25) is 4.79 Å². The molecular weight excluding hydrogens is 292 g/mol. The molecule has 21 heavy (non-hydrogen) atoms. The Bertz CT molecular complexity index is 594. The van der Waals surface area contributed by atoms with Crippen LogP contribution < -0.4 is 5.32 Å². The summed E-state index contributed by atoms with van der Waals surface area (Å²) in [7, 11) is 1.60. The Hall–Kier alpha value is -1.70. The van der Waals surface area contributed by atoms with Crippen molar-refractivity contribution in [2.45, 2.75) is 26.0 Å². The Labute approximate surface area is 126 Å². The van der Waals surface area contributed by atoms with Gasteiger partial charge < -0.3 is 19.6 Å². The molecule has 6 nitrogen and oxygen atoms in total. The summed E-state index contributed by atoms with van der Waals surface area (Å²) in [5.41, 5.74) is 0.646. The summed E-state index contributed by atoms with van der Waals surface area (Å²) in [6, 6.07) is 2.84. The van der Waals surface area contributed by atoms with Gasteiger partial charge in [0, 0.05) is 7.11 Å². The first kappa shape index (κ1) is 15.7. The van der Waals surface area contributed by atoms with Crippen LogP contribution >= 0.6 is 11.3 Å². The van der Waals surface area contributed by atoms with E-state index in [2.05, 4.69) is 10.3 Å². The monoisotopic (exact) mass is 310 g/mol. The van der Waals surface area contributed by atoms with Crippen molar-refractivity contribution in [1.82, 2.24) is 10.3 Å². The van der Waals surface area contributed by atoms with E-state index in [0.717, 1.165) is 5.01 Å². The van der Waals surface area contributed by atoms with E-state index in [0.29, 0.717) is 16.3 Å². The van der Waals surface area contributed by atoms with Gasteiger partial charge in [0.05, 0.1) is 18.6 Å². The number of aryl methyl sites for hydroxylation is 1. The highest BCUT2D eigenvalue weighted by molar-refractivity contribution is 7.13. The zero-order chi connectivity index (χ0) is 15.4. The van der Waals surface area contributed by atoms with Crippen LogP contribution in [0.15, 0.2) is 22.8 Å². The molecular formula is C14H18N2O4S. The van der Waals surface area contributed by atoms with Crippen molar-refractivity contribution in [3.63, 3.8) is 0 Å². The molecule has 114 valence electrons. The van der Waals surface area contributed by atoms with Crippen LogP contribution in [0.25, 0.3) is 0 Å². The molecule has 2 rings (SSSR count). The topological polar surface area (TPSA) is 84.6 Å². The van der Waals surface area contributed by atoms with Gasteiger partial charge in [0.25, 0.3) is 5.91 Å². The maximum absolute atomic E-state index is 12.3. The van der Waals surface area contributed by atoms with Crippen molar-refractivity contribution in [1.29, 1.82) is 0 Å². The zero-order valence-electron chi connectivity index (χ0n) is 12.1. The Morgan fingerprint density at radius 2 is 2.38 bits per heavy atom. The van der Waals surface area contributed by atoms with Crippen molar-refractivity contribution >= 4 is 17.2 Å². The molecule has 2 atom stereocenters. The lowest BCUT2D eigenvalue weighted by Gasteiger charge is -2.13. The van der Waals surface area contributed by atoms with Gasteiger partial charge in [-0.1, -0.05) is 0 Å². The van der Waals surface area contributed by atoms with Gasteiger partial charge in [0.1, 0.15) is 27.8 Å². The maximum atomic E-state index is 12.3. The van der Waals surface area contributed by atoms with Crippen LogP contribution in [0.4, 0.5) is 0 Å². The average molecular weight is 310 g/mol. The van der Waals surface area contributed by atoms with Crippen molar-refractivity contribution < 1.29 is 19.1 Å². The Balaban J connectivity index is 2.14. The van der Waals surface area contributed by atoms with Crippen LogP contribution in [-0.4, -0.2) is 29.7 Å². The van der Waals surface area contributed by atoms with E-state index >= 15 is 0 Å². The van der Waals surface area contributed by atoms with Crippen LogP contribution in [0, 0.1) is 6.92 Å². The van der Waals surface area contributed by atoms with Crippen molar-refractivity contribution in [2.24, 2.45) is 0 Å². The van der Waals surface area contributed by atoms with Crippen LogP contribution in [0.5, 0.6) is 0 Å². The molecule has 2 aromatic rings. The lowest BCUT2D eigenvalue weighted by atomic mass is 10.2. The lowest BCUT2D eigenvalue weighted by molar-refractivity contribution is 0.0910. The first-order chi connectivity index (χ1) is 10.1. The molecule has 0 aliphatic rings. The van der Waals surface area contributed by atoms with Crippen LogP contribution in [-0.2, 0) is 4.74 Å². The molecule has 0 bridgehead atoms. The molecule has 2 unspecified atom stereocenters. The summed E-state index contributed by atoms with van der Waals surface area (Å²) in [4.78, 5) is 17.2. The van der Waals surface area contributed by atoms with Gasteiger partial charge in [0.2, 0.25) is 0 Å². The largest absolute Gasteiger partial charge is 0.467 e. The molecule has 0 fully saturated rings. The summed E-state index contributed by atoms with van der Waals surface area (Å²) in [5, 5.41) is 12.9. The van der Waals surface area contributed by atoms with Gasteiger partial charge in [-0.05, 0) is 26.0 Å². The second-order valence-electron chi connectivity index (χ2n) is 4.57. The number of hydrogen-bond donors (Lipinski definition) is 2. The summed E-state index contributed by atoms with van der Waals surface area (Å²) in [6.07, 6.45) is 1.34. The molecule has 0 aromatic carbocycles. The fraction of sp³-hybridized carbons (Fsp3) is 0.429. The number of carbonyl (C=O) groups excluding carboxylic acids is 1. The number of methoxy groups -OCH3 is 1. The number of hydrogen-bond acceptors (Lipinski definition) is 6. The van der Waals surface area contributed by atoms with Gasteiger partial charge in [0.15, 0.2) is 0 Å². The third kappa shape index (κ3) is 3.49. The number of nitrogens with one attached hydrogen (secondary N) is 1. The first-order valence-electron chi connectivity index (χ1n) is 6.52. The predicted molar refractivity (Wildman–Crippen MR) is 78.3 cm³/mol. The van der Waals surface area contributed by atoms with E-state index < -0.39 is 6.04 Å². The number of aromatic nitrogens is 1. The molecule has 1 amide bonds. The SMILES string of the molecule is COC(C)c1nc(C)c(C(=O)NC(CO)c2ccco2)s1. The molecule has 0 aliphatic carbocycles. The van der Waals surface area contributed by atoms with E-state index in [1.165, 1.54) is 17.6 Å². The van der Waals surface area contributed by atoms with Gasteiger partial charge >= 0.3 is 0 Å².